The molecule has 1 atom stereocenters. The number of nitrogens with zero attached hydrogens (tertiary/aromatic N) is 3. The van der Waals surface area contributed by atoms with Gasteiger partial charge in [0.15, 0.2) is 10.4 Å². The van der Waals surface area contributed by atoms with Crippen LogP contribution in [0.4, 0.5) is 5.69 Å². The lowest BCUT2D eigenvalue weighted by Crippen LogP contribution is -2.23. The van der Waals surface area contributed by atoms with E-state index in [1.807, 2.05) is 19.1 Å². The highest BCUT2D eigenvalue weighted by atomic mass is 32.2. The number of carbonyl (C=O) groups excluding carboxylic acids is 1. The van der Waals surface area contributed by atoms with Gasteiger partial charge in [-0.05, 0) is 23.7 Å². The molecule has 1 unspecified atom stereocenters. The zero-order valence-electron chi connectivity index (χ0n) is 11.0. The largest absolute Gasteiger partial charge is 0.378 e. The first-order chi connectivity index (χ1) is 9.60. The van der Waals surface area contributed by atoms with E-state index in [0.29, 0.717) is 5.56 Å². The monoisotopic (exact) mass is 307 g/mol. The Hall–Kier alpha value is -1.44. The van der Waals surface area contributed by atoms with Crippen molar-refractivity contribution >= 4 is 34.9 Å². The van der Waals surface area contributed by atoms with E-state index in [2.05, 4.69) is 9.36 Å². The number of carbonyl (C=O) groups is 1. The van der Waals surface area contributed by atoms with Crippen molar-refractivity contribution in [2.24, 2.45) is 0 Å². The third-order valence-electron chi connectivity index (χ3n) is 3.19. The third kappa shape index (κ3) is 2.21. The van der Waals surface area contributed by atoms with Crippen molar-refractivity contribution in [3.05, 3.63) is 29.6 Å². The molecule has 0 saturated carbocycles. The molecule has 1 aliphatic rings. The van der Waals surface area contributed by atoms with Crippen LogP contribution in [-0.4, -0.2) is 27.4 Å². The van der Waals surface area contributed by atoms with Crippen molar-refractivity contribution in [2.45, 2.75) is 28.7 Å². The quantitative estimate of drug-likeness (QED) is 0.942. The van der Waals surface area contributed by atoms with Gasteiger partial charge in [-0.2, -0.15) is 4.37 Å². The number of benzene rings is 1. The number of amides is 1. The van der Waals surface area contributed by atoms with E-state index in [1.165, 1.54) is 28.2 Å². The van der Waals surface area contributed by atoms with Gasteiger partial charge in [0.05, 0.1) is 5.69 Å². The Kier molecular flexibility index (Phi) is 3.49. The second kappa shape index (κ2) is 5.16. The maximum atomic E-state index is 11.7. The van der Waals surface area contributed by atoms with Gasteiger partial charge in [0.25, 0.3) is 5.91 Å². The number of aryl methyl sites for hydroxylation is 1. The summed E-state index contributed by atoms with van der Waals surface area (Å²) in [5.41, 5.74) is 1.42. The van der Waals surface area contributed by atoms with Gasteiger partial charge in [-0.1, -0.05) is 24.8 Å². The summed E-state index contributed by atoms with van der Waals surface area (Å²) in [6.07, 6.45) is -0.215. The van der Waals surface area contributed by atoms with Crippen molar-refractivity contribution in [1.82, 2.24) is 9.36 Å². The summed E-state index contributed by atoms with van der Waals surface area (Å²) in [7, 11) is 1.67. The van der Waals surface area contributed by atoms with Gasteiger partial charge in [-0.3, -0.25) is 4.79 Å². The summed E-state index contributed by atoms with van der Waals surface area (Å²) in [5.74, 6) is 0.563. The number of aliphatic hydroxyl groups excluding tert-OH is 1. The van der Waals surface area contributed by atoms with Gasteiger partial charge in [0.2, 0.25) is 0 Å². The van der Waals surface area contributed by atoms with Crippen LogP contribution in [0.2, 0.25) is 0 Å². The minimum Gasteiger partial charge on any atom is -0.378 e. The molecule has 3 rings (SSSR count). The number of likely N-dealkylation sites (N-methyl/N-ethyl adjacent to an activating group) is 1. The van der Waals surface area contributed by atoms with E-state index in [1.54, 1.807) is 13.1 Å². The van der Waals surface area contributed by atoms with E-state index in [9.17, 15) is 9.90 Å². The molecule has 2 aromatic rings. The topological polar surface area (TPSA) is 66.3 Å². The minimum atomic E-state index is -1.04. The maximum Gasteiger partial charge on any atom is 0.260 e. The molecule has 1 amide bonds. The fourth-order valence-electron chi connectivity index (χ4n) is 2.07. The molecule has 7 heteroatoms. The molecule has 104 valence electrons. The van der Waals surface area contributed by atoms with E-state index in [4.69, 9.17) is 0 Å². The van der Waals surface area contributed by atoms with Gasteiger partial charge in [0.1, 0.15) is 5.82 Å². The molecule has 0 radical (unpaired) electrons. The highest BCUT2D eigenvalue weighted by molar-refractivity contribution is 8.01. The molecule has 0 saturated heterocycles. The van der Waals surface area contributed by atoms with Gasteiger partial charge in [0, 0.05) is 23.9 Å². The van der Waals surface area contributed by atoms with E-state index in [-0.39, 0.29) is 5.91 Å². The second-order valence-corrected chi connectivity index (χ2v) is 6.53. The average molecular weight is 307 g/mol. The number of rotatable bonds is 3. The average Bonchev–Trinajstić information content (AvgIpc) is 2.99. The van der Waals surface area contributed by atoms with E-state index in [0.717, 1.165) is 27.2 Å². The van der Waals surface area contributed by atoms with Gasteiger partial charge in [-0.15, -0.1) is 0 Å². The highest BCUT2D eigenvalue weighted by Crippen LogP contribution is 2.39. The summed E-state index contributed by atoms with van der Waals surface area (Å²) in [5, 5.41) is 9.82. The fourth-order valence-corrected chi connectivity index (χ4v) is 3.78. The Labute approximate surface area is 124 Å². The lowest BCUT2D eigenvalue weighted by Gasteiger charge is -2.10. The Bertz CT molecular complexity index is 671. The Morgan fingerprint density at radius 1 is 1.50 bits per heavy atom. The Morgan fingerprint density at radius 3 is 3.00 bits per heavy atom. The zero-order valence-corrected chi connectivity index (χ0v) is 12.7. The van der Waals surface area contributed by atoms with Crippen molar-refractivity contribution in [1.29, 1.82) is 0 Å². The van der Waals surface area contributed by atoms with Gasteiger partial charge >= 0.3 is 0 Å². The first-order valence-electron chi connectivity index (χ1n) is 6.20. The van der Waals surface area contributed by atoms with Crippen molar-refractivity contribution in [3.8, 4) is 0 Å². The van der Waals surface area contributed by atoms with Crippen LogP contribution in [0.3, 0.4) is 0 Å². The molecule has 0 fully saturated rings. The standard InChI is InChI=1S/C13H13N3O2S2/c1-3-10-14-13(20-15-10)19-7-4-5-8-9(6-7)16(2)12(18)11(8)17/h4-6,11,17H,3H2,1-2H3. The molecule has 5 nitrogen and oxygen atoms in total. The molecule has 20 heavy (non-hydrogen) atoms. The molecule has 0 bridgehead atoms. The normalized spacial score (nSPS) is 17.6. The van der Waals surface area contributed by atoms with Crippen molar-refractivity contribution < 1.29 is 9.90 Å². The van der Waals surface area contributed by atoms with E-state index < -0.39 is 6.10 Å². The van der Waals surface area contributed by atoms with Crippen LogP contribution < -0.4 is 4.90 Å². The minimum absolute atomic E-state index is 0.286. The molecule has 1 aromatic heterocycles. The van der Waals surface area contributed by atoms with Gasteiger partial charge in [-0.25, -0.2) is 4.98 Å². The van der Waals surface area contributed by atoms with Gasteiger partial charge < -0.3 is 10.0 Å². The smallest absolute Gasteiger partial charge is 0.260 e. The number of hydrogen-bond acceptors (Lipinski definition) is 6. The van der Waals surface area contributed by atoms with Crippen LogP contribution in [0.25, 0.3) is 0 Å². The molecule has 0 aliphatic carbocycles. The number of hydrogen-bond donors (Lipinski definition) is 1. The summed E-state index contributed by atoms with van der Waals surface area (Å²) >= 11 is 2.90. The number of anilines is 1. The summed E-state index contributed by atoms with van der Waals surface area (Å²) in [6.45, 7) is 2.02. The van der Waals surface area contributed by atoms with Crippen molar-refractivity contribution in [2.75, 3.05) is 11.9 Å². The maximum absolute atomic E-state index is 11.7. The molecular weight excluding hydrogens is 294 g/mol. The first-order valence-corrected chi connectivity index (χ1v) is 7.79. The Balaban J connectivity index is 1.88. The van der Waals surface area contributed by atoms with Crippen LogP contribution in [-0.2, 0) is 11.2 Å². The second-order valence-electron chi connectivity index (χ2n) is 4.45. The van der Waals surface area contributed by atoms with Crippen LogP contribution in [0.5, 0.6) is 0 Å². The lowest BCUT2D eigenvalue weighted by atomic mass is 10.1. The predicted octanol–water partition coefficient (Wildman–Crippen LogP) is 2.26. The fraction of sp³-hybridized carbons (Fsp3) is 0.308. The summed E-state index contributed by atoms with van der Waals surface area (Å²) < 4.78 is 5.13. The number of aliphatic hydroxyl groups is 1. The van der Waals surface area contributed by atoms with E-state index >= 15 is 0 Å². The molecule has 1 N–H and O–H groups in total. The zero-order chi connectivity index (χ0) is 14.3. The third-order valence-corrected chi connectivity index (χ3v) is 4.97. The van der Waals surface area contributed by atoms with Crippen molar-refractivity contribution in [3.63, 3.8) is 0 Å². The van der Waals surface area contributed by atoms with Crippen LogP contribution in [0, 0.1) is 0 Å². The predicted molar refractivity (Wildman–Crippen MR) is 78.2 cm³/mol. The summed E-state index contributed by atoms with van der Waals surface area (Å²) in [4.78, 5) is 18.6. The van der Waals surface area contributed by atoms with Crippen LogP contribution in [0.1, 0.15) is 24.4 Å². The molecule has 1 aromatic carbocycles. The Morgan fingerprint density at radius 2 is 2.30 bits per heavy atom. The highest BCUT2D eigenvalue weighted by Gasteiger charge is 2.33. The van der Waals surface area contributed by atoms with Crippen LogP contribution in [0.15, 0.2) is 27.4 Å². The number of aromatic nitrogens is 2. The lowest BCUT2D eigenvalue weighted by molar-refractivity contribution is -0.125. The summed E-state index contributed by atoms with van der Waals surface area (Å²) in [6, 6.07) is 5.60. The molecule has 0 spiro atoms. The first kappa shape index (κ1) is 13.5. The SMILES string of the molecule is CCc1nsc(Sc2ccc3c(c2)N(C)C(=O)C3O)n1. The number of fused-ring (bicyclic) bond motifs is 1. The molecular formula is C13H13N3O2S2. The molecule has 1 aliphatic heterocycles. The molecule has 2 heterocycles. The van der Waals surface area contributed by atoms with Crippen LogP contribution >= 0.6 is 23.3 Å².